The summed E-state index contributed by atoms with van der Waals surface area (Å²) >= 11 is 0. The van der Waals surface area contributed by atoms with Crippen LogP contribution in [-0.4, -0.2) is 22.3 Å². The van der Waals surface area contributed by atoms with Crippen LogP contribution < -0.4 is 5.56 Å². The molecule has 78 valence electrons. The number of carbonyl (C=O) groups is 1. The van der Waals surface area contributed by atoms with E-state index in [4.69, 9.17) is 0 Å². The molecule has 0 aliphatic rings. The number of carbonyl (C=O) groups excluding carboxylic acids is 1. The van der Waals surface area contributed by atoms with Gasteiger partial charge < -0.3 is 4.74 Å². The van der Waals surface area contributed by atoms with Crippen LogP contribution >= 0.6 is 0 Å². The van der Waals surface area contributed by atoms with E-state index in [-0.39, 0.29) is 5.56 Å². The summed E-state index contributed by atoms with van der Waals surface area (Å²) in [6.07, 6.45) is 1.57. The van der Waals surface area contributed by atoms with E-state index in [1.165, 1.54) is 17.9 Å². The zero-order chi connectivity index (χ0) is 11.0. The van der Waals surface area contributed by atoms with Gasteiger partial charge in [-0.25, -0.2) is 9.48 Å². The van der Waals surface area contributed by atoms with Crippen molar-refractivity contribution in [1.29, 1.82) is 0 Å². The molecule has 0 spiro atoms. The number of ether oxygens (including phenoxy) is 1. The van der Waals surface area contributed by atoms with Gasteiger partial charge >= 0.3 is 5.97 Å². The van der Waals surface area contributed by atoms with Crippen molar-refractivity contribution in [3.05, 3.63) is 40.3 Å². The number of fused-ring (bicyclic) bond motifs is 1. The predicted molar refractivity (Wildman–Crippen MR) is 54.0 cm³/mol. The van der Waals surface area contributed by atoms with Crippen LogP contribution in [0.1, 0.15) is 10.4 Å². The summed E-state index contributed by atoms with van der Waals surface area (Å²) in [5.74, 6) is -0.418. The third-order valence-electron chi connectivity index (χ3n) is 2.29. The second-order valence-corrected chi connectivity index (χ2v) is 3.18. The third-order valence-corrected chi connectivity index (χ3v) is 2.29. The van der Waals surface area contributed by atoms with E-state index >= 15 is 0 Å². The number of hydrogen-bond donors (Lipinski definition) is 0. The maximum absolute atomic E-state index is 11.3. The monoisotopic (exact) mass is 206 g/mol. The topological polar surface area (TPSA) is 52.7 Å². The van der Waals surface area contributed by atoms with Crippen LogP contribution in [0.2, 0.25) is 0 Å². The molecule has 0 saturated carbocycles. The Kier molecular flexibility index (Phi) is 2.07. The van der Waals surface area contributed by atoms with Gasteiger partial charge in [0.25, 0.3) is 5.56 Å². The fourth-order valence-corrected chi connectivity index (χ4v) is 1.44. The fourth-order valence-electron chi connectivity index (χ4n) is 1.44. The molecule has 5 heteroatoms. The van der Waals surface area contributed by atoms with Gasteiger partial charge in [0.15, 0.2) is 0 Å². The highest BCUT2D eigenvalue weighted by Gasteiger charge is 2.07. The molecule has 0 fully saturated rings. The molecule has 0 bridgehead atoms. The van der Waals surface area contributed by atoms with Gasteiger partial charge in [-0.05, 0) is 12.1 Å². The molecule has 0 saturated heterocycles. The zero-order valence-electron chi connectivity index (χ0n) is 8.43. The van der Waals surface area contributed by atoms with Crippen molar-refractivity contribution < 1.29 is 9.53 Å². The summed E-state index contributed by atoms with van der Waals surface area (Å²) < 4.78 is 7.62. The molecular formula is C10H10N2O3. The van der Waals surface area contributed by atoms with Crippen molar-refractivity contribution in [3.8, 4) is 0 Å². The van der Waals surface area contributed by atoms with Crippen LogP contribution in [0.25, 0.3) is 5.52 Å². The molecule has 5 nitrogen and oxygen atoms in total. The Morgan fingerprint density at radius 2 is 2.13 bits per heavy atom. The SMILES string of the molecule is COC(=O)c1ccc2cc(=O)n(C)n2c1. The van der Waals surface area contributed by atoms with Gasteiger partial charge in [0.1, 0.15) is 0 Å². The van der Waals surface area contributed by atoms with Gasteiger partial charge in [-0.2, -0.15) is 0 Å². The molecule has 15 heavy (non-hydrogen) atoms. The van der Waals surface area contributed by atoms with Gasteiger partial charge in [-0.1, -0.05) is 0 Å². The summed E-state index contributed by atoms with van der Waals surface area (Å²) in [6, 6.07) is 4.83. The lowest BCUT2D eigenvalue weighted by Crippen LogP contribution is -2.15. The van der Waals surface area contributed by atoms with Gasteiger partial charge in [-0.3, -0.25) is 9.31 Å². The van der Waals surface area contributed by atoms with Crippen LogP contribution in [-0.2, 0) is 11.8 Å². The highest BCUT2D eigenvalue weighted by atomic mass is 16.5. The second-order valence-electron chi connectivity index (χ2n) is 3.18. The molecule has 0 aromatic carbocycles. The molecule has 0 aliphatic heterocycles. The van der Waals surface area contributed by atoms with Gasteiger partial charge in [0.05, 0.1) is 18.2 Å². The Morgan fingerprint density at radius 1 is 1.40 bits per heavy atom. The molecule has 2 heterocycles. The van der Waals surface area contributed by atoms with Crippen molar-refractivity contribution in [2.24, 2.45) is 7.05 Å². The molecule has 0 atom stereocenters. The number of nitrogens with zero attached hydrogens (tertiary/aromatic N) is 2. The minimum Gasteiger partial charge on any atom is -0.465 e. The lowest BCUT2D eigenvalue weighted by Gasteiger charge is -2.02. The maximum Gasteiger partial charge on any atom is 0.339 e. The van der Waals surface area contributed by atoms with Crippen molar-refractivity contribution in [2.75, 3.05) is 7.11 Å². The third kappa shape index (κ3) is 1.41. The van der Waals surface area contributed by atoms with Crippen molar-refractivity contribution in [2.45, 2.75) is 0 Å². The summed E-state index contributed by atoms with van der Waals surface area (Å²) in [6.45, 7) is 0. The summed E-state index contributed by atoms with van der Waals surface area (Å²) in [5, 5.41) is 0. The van der Waals surface area contributed by atoms with Gasteiger partial charge in [0.2, 0.25) is 0 Å². The fraction of sp³-hybridized carbons (Fsp3) is 0.200. The first-order chi connectivity index (χ1) is 7.13. The smallest absolute Gasteiger partial charge is 0.339 e. The molecule has 2 rings (SSSR count). The second kappa shape index (κ2) is 3.27. The Labute approximate surface area is 85.5 Å². The van der Waals surface area contributed by atoms with E-state index in [0.717, 1.165) is 5.52 Å². The van der Waals surface area contributed by atoms with Crippen LogP contribution in [0, 0.1) is 0 Å². The van der Waals surface area contributed by atoms with Gasteiger partial charge in [-0.15, -0.1) is 0 Å². The number of methoxy groups -OCH3 is 1. The molecular weight excluding hydrogens is 196 g/mol. The van der Waals surface area contributed by atoms with Crippen molar-refractivity contribution >= 4 is 11.5 Å². The maximum atomic E-state index is 11.3. The van der Waals surface area contributed by atoms with Crippen LogP contribution in [0.3, 0.4) is 0 Å². The van der Waals surface area contributed by atoms with Crippen molar-refractivity contribution in [1.82, 2.24) is 9.20 Å². The van der Waals surface area contributed by atoms with E-state index in [9.17, 15) is 9.59 Å². The predicted octanol–water partition coefficient (Wildman–Crippen LogP) is 0.425. The number of pyridine rings is 1. The first-order valence-electron chi connectivity index (χ1n) is 4.40. The van der Waals surface area contributed by atoms with E-state index in [0.29, 0.717) is 5.56 Å². The first kappa shape index (κ1) is 9.51. The molecule has 0 N–H and O–H groups in total. The average molecular weight is 206 g/mol. The normalized spacial score (nSPS) is 10.5. The van der Waals surface area contributed by atoms with E-state index in [2.05, 4.69) is 4.74 Å². The zero-order valence-corrected chi connectivity index (χ0v) is 8.43. The van der Waals surface area contributed by atoms with E-state index in [1.807, 2.05) is 0 Å². The van der Waals surface area contributed by atoms with E-state index in [1.54, 1.807) is 29.9 Å². The largest absolute Gasteiger partial charge is 0.465 e. The Balaban J connectivity index is 2.69. The average Bonchev–Trinajstić information content (AvgIpc) is 2.54. The van der Waals surface area contributed by atoms with Crippen LogP contribution in [0.4, 0.5) is 0 Å². The molecule has 0 aliphatic carbocycles. The number of aryl methyl sites for hydroxylation is 1. The standard InChI is InChI=1S/C10H10N2O3/c1-11-9(13)5-8-4-3-7(6-12(8)11)10(14)15-2/h3-6H,1-2H3. The Hall–Kier alpha value is -2.04. The summed E-state index contributed by atoms with van der Waals surface area (Å²) in [4.78, 5) is 22.6. The number of hydrogen-bond acceptors (Lipinski definition) is 3. The number of rotatable bonds is 1. The summed E-state index contributed by atoms with van der Waals surface area (Å²) in [5.41, 5.74) is 1.04. The molecule has 0 amide bonds. The van der Waals surface area contributed by atoms with E-state index < -0.39 is 5.97 Å². The quantitative estimate of drug-likeness (QED) is 0.635. The first-order valence-corrected chi connectivity index (χ1v) is 4.40. The minimum atomic E-state index is -0.418. The molecule has 2 aromatic heterocycles. The van der Waals surface area contributed by atoms with Crippen molar-refractivity contribution in [3.63, 3.8) is 0 Å². The lowest BCUT2D eigenvalue weighted by atomic mass is 10.3. The molecule has 0 radical (unpaired) electrons. The molecule has 2 aromatic rings. The Morgan fingerprint density at radius 3 is 2.80 bits per heavy atom. The lowest BCUT2D eigenvalue weighted by molar-refractivity contribution is 0.0600. The van der Waals surface area contributed by atoms with Crippen LogP contribution in [0.15, 0.2) is 29.2 Å². The van der Waals surface area contributed by atoms with Crippen LogP contribution in [0.5, 0.6) is 0 Å². The number of esters is 1. The minimum absolute atomic E-state index is 0.114. The highest BCUT2D eigenvalue weighted by molar-refractivity contribution is 5.89. The van der Waals surface area contributed by atoms with Gasteiger partial charge in [0, 0.05) is 19.3 Å². The number of aromatic nitrogens is 2. The highest BCUT2D eigenvalue weighted by Crippen LogP contribution is 2.05. The Bertz CT molecular complexity index is 580. The molecule has 0 unspecified atom stereocenters. The summed E-state index contributed by atoms with van der Waals surface area (Å²) in [7, 11) is 2.96.